The van der Waals surface area contributed by atoms with Crippen molar-refractivity contribution in [2.75, 3.05) is 0 Å². The molecular formula is C34H20NO2PS. The van der Waals surface area contributed by atoms with Crippen molar-refractivity contribution in [2.24, 2.45) is 0 Å². The van der Waals surface area contributed by atoms with Crippen LogP contribution in [0.4, 0.5) is 0 Å². The average Bonchev–Trinajstić information content (AvgIpc) is 3.31. The van der Waals surface area contributed by atoms with Crippen LogP contribution in [-0.2, 0) is 11.8 Å². The number of nitrogens with zero attached hydrogens (tertiary/aromatic N) is 1. The Hall–Kier alpha value is -4.37. The molecule has 0 unspecified atom stereocenters. The van der Waals surface area contributed by atoms with Crippen molar-refractivity contribution in [1.82, 2.24) is 4.57 Å². The summed E-state index contributed by atoms with van der Waals surface area (Å²) < 4.78 is 15.8. The third-order valence-electron chi connectivity index (χ3n) is 8.01. The van der Waals surface area contributed by atoms with E-state index in [0.29, 0.717) is 0 Å². The van der Waals surface area contributed by atoms with Gasteiger partial charge in [-0.15, -0.1) is 0 Å². The van der Waals surface area contributed by atoms with Gasteiger partial charge in [0.2, 0.25) is 0 Å². The molecule has 0 spiro atoms. The molecule has 0 saturated carbocycles. The van der Waals surface area contributed by atoms with Gasteiger partial charge in [0.05, 0.1) is 28.1 Å². The molecule has 6 aromatic carbocycles. The van der Waals surface area contributed by atoms with E-state index in [4.69, 9.17) is 21.3 Å². The second-order valence-electron chi connectivity index (χ2n) is 10.1. The molecule has 3 heterocycles. The molecule has 2 aliphatic rings. The minimum absolute atomic E-state index is 0.783. The van der Waals surface area contributed by atoms with E-state index in [-0.39, 0.29) is 0 Å². The second kappa shape index (κ2) is 7.60. The van der Waals surface area contributed by atoms with Gasteiger partial charge in [-0.2, -0.15) is 0 Å². The summed E-state index contributed by atoms with van der Waals surface area (Å²) in [6.07, 6.45) is 0. The molecule has 0 fully saturated rings. The maximum Gasteiger partial charge on any atom is 0.144 e. The summed E-state index contributed by atoms with van der Waals surface area (Å²) in [4.78, 5) is 0. The normalized spacial score (nSPS) is 16.8. The quantitative estimate of drug-likeness (QED) is 0.199. The van der Waals surface area contributed by atoms with Crippen LogP contribution in [0.3, 0.4) is 0 Å². The summed E-state index contributed by atoms with van der Waals surface area (Å²) in [5, 5.41) is 7.83. The van der Waals surface area contributed by atoms with Gasteiger partial charge in [-0.1, -0.05) is 90.7 Å². The lowest BCUT2D eigenvalue weighted by atomic mass is 10.1. The van der Waals surface area contributed by atoms with Crippen LogP contribution in [0.1, 0.15) is 0 Å². The predicted molar refractivity (Wildman–Crippen MR) is 165 cm³/mol. The summed E-state index contributed by atoms with van der Waals surface area (Å²) in [5.41, 5.74) is 3.28. The Morgan fingerprint density at radius 1 is 0.538 bits per heavy atom. The first kappa shape index (κ1) is 21.6. The second-order valence-corrected chi connectivity index (χ2v) is 14.3. The van der Waals surface area contributed by atoms with Gasteiger partial charge in [0, 0.05) is 38.9 Å². The molecular weight excluding hydrogens is 517 g/mol. The maximum absolute atomic E-state index is 6.85. The molecule has 7 aromatic rings. The van der Waals surface area contributed by atoms with Crippen LogP contribution in [0, 0.1) is 0 Å². The first-order valence-electron chi connectivity index (χ1n) is 13.0. The highest BCUT2D eigenvalue weighted by Gasteiger charge is 2.43. The lowest BCUT2D eigenvalue weighted by molar-refractivity contribution is 0.468. The molecule has 3 nitrogen and oxygen atoms in total. The molecule has 0 bridgehead atoms. The fourth-order valence-corrected chi connectivity index (χ4v) is 10.8. The molecule has 0 aliphatic carbocycles. The zero-order valence-electron chi connectivity index (χ0n) is 20.7. The highest BCUT2D eigenvalue weighted by molar-refractivity contribution is 8.26. The summed E-state index contributed by atoms with van der Waals surface area (Å²) in [6.45, 7) is 0. The minimum atomic E-state index is -2.44. The van der Waals surface area contributed by atoms with E-state index in [0.717, 1.165) is 66.4 Å². The number of hydrogen-bond donors (Lipinski definition) is 0. The summed E-state index contributed by atoms with van der Waals surface area (Å²) >= 11 is 6.76. The molecule has 0 N–H and O–H groups in total. The Kier molecular flexibility index (Phi) is 4.20. The van der Waals surface area contributed by atoms with Crippen LogP contribution in [0.25, 0.3) is 38.3 Å². The van der Waals surface area contributed by atoms with Crippen LogP contribution in [-0.4, -0.2) is 4.57 Å². The van der Waals surface area contributed by atoms with Crippen molar-refractivity contribution >= 4 is 66.3 Å². The molecule has 0 saturated heterocycles. The van der Waals surface area contributed by atoms with Crippen molar-refractivity contribution < 1.29 is 9.47 Å². The Labute approximate surface area is 229 Å². The topological polar surface area (TPSA) is 23.4 Å². The van der Waals surface area contributed by atoms with Crippen molar-refractivity contribution in [1.29, 1.82) is 0 Å². The zero-order valence-corrected chi connectivity index (χ0v) is 22.4. The fraction of sp³-hybridized carbons (Fsp3) is 0. The number of rotatable bonds is 1. The van der Waals surface area contributed by atoms with Gasteiger partial charge < -0.3 is 14.0 Å². The molecule has 0 radical (unpaired) electrons. The zero-order chi connectivity index (χ0) is 25.7. The Balaban J connectivity index is 1.41. The molecule has 39 heavy (non-hydrogen) atoms. The van der Waals surface area contributed by atoms with E-state index in [9.17, 15) is 0 Å². The Morgan fingerprint density at radius 2 is 1.15 bits per heavy atom. The molecule has 0 amide bonds. The van der Waals surface area contributed by atoms with Gasteiger partial charge in [-0.25, -0.2) is 0 Å². The van der Waals surface area contributed by atoms with Gasteiger partial charge in [-0.3, -0.25) is 0 Å². The molecule has 9 rings (SSSR count). The lowest BCUT2D eigenvalue weighted by Gasteiger charge is -2.38. The van der Waals surface area contributed by atoms with E-state index < -0.39 is 6.04 Å². The molecule has 1 atom stereocenters. The average molecular weight is 538 g/mol. The van der Waals surface area contributed by atoms with Gasteiger partial charge in [0.1, 0.15) is 23.0 Å². The van der Waals surface area contributed by atoms with Crippen LogP contribution in [0.5, 0.6) is 23.0 Å². The Morgan fingerprint density at radius 3 is 1.92 bits per heavy atom. The van der Waals surface area contributed by atoms with E-state index in [1.165, 1.54) is 10.8 Å². The van der Waals surface area contributed by atoms with Crippen LogP contribution in [0.15, 0.2) is 121 Å². The van der Waals surface area contributed by atoms with Gasteiger partial charge in [0.15, 0.2) is 0 Å². The van der Waals surface area contributed by atoms with Crippen molar-refractivity contribution in [3.8, 4) is 28.7 Å². The third-order valence-corrected chi connectivity index (χ3v) is 12.9. The number of ether oxygens (including phenoxy) is 2. The summed E-state index contributed by atoms with van der Waals surface area (Å²) in [5.74, 6) is 3.27. The van der Waals surface area contributed by atoms with E-state index in [1.54, 1.807) is 0 Å². The highest BCUT2D eigenvalue weighted by Crippen LogP contribution is 2.60. The molecule has 5 heteroatoms. The van der Waals surface area contributed by atoms with Gasteiger partial charge in [0.25, 0.3) is 0 Å². The number of fused-ring (bicyclic) bond motifs is 9. The van der Waals surface area contributed by atoms with Crippen molar-refractivity contribution in [3.05, 3.63) is 121 Å². The standard InChI is InChI=1S/C34H20NO2PS/c39-38-31-16-8-7-15-28(31)36-29-19-22(35-26-13-5-3-11-24(26)25-12-4-6-14-27(25)35)20-30(34(29)38)37-33-23-10-2-1-9-21(23)17-18-32(33)38/h1-20H/t38-/m0/s1. The van der Waals surface area contributed by atoms with E-state index in [1.807, 2.05) is 12.1 Å². The van der Waals surface area contributed by atoms with Gasteiger partial charge in [-0.05, 0) is 35.7 Å². The highest BCUT2D eigenvalue weighted by atomic mass is 32.4. The number of aromatic nitrogens is 1. The lowest BCUT2D eigenvalue weighted by Crippen LogP contribution is -2.35. The van der Waals surface area contributed by atoms with Crippen LogP contribution < -0.4 is 25.4 Å². The summed E-state index contributed by atoms with van der Waals surface area (Å²) in [6, 6.07) is 39.9. The van der Waals surface area contributed by atoms with Crippen LogP contribution in [0.2, 0.25) is 0 Å². The molecule has 184 valence electrons. The number of para-hydroxylation sites is 3. The predicted octanol–water partition coefficient (Wildman–Crippen LogP) is 7.90. The largest absolute Gasteiger partial charge is 0.456 e. The molecule has 2 aliphatic heterocycles. The fourth-order valence-electron chi connectivity index (χ4n) is 6.35. The summed E-state index contributed by atoms with van der Waals surface area (Å²) in [7, 11) is 0. The van der Waals surface area contributed by atoms with Gasteiger partial charge >= 0.3 is 0 Å². The monoisotopic (exact) mass is 537 g/mol. The Bertz CT molecular complexity index is 2180. The minimum Gasteiger partial charge on any atom is -0.456 e. The van der Waals surface area contributed by atoms with Crippen LogP contribution >= 0.6 is 6.04 Å². The van der Waals surface area contributed by atoms with E-state index in [2.05, 4.69) is 114 Å². The van der Waals surface area contributed by atoms with Crippen molar-refractivity contribution in [2.45, 2.75) is 0 Å². The molecule has 1 aromatic heterocycles. The first-order chi connectivity index (χ1) is 19.2. The first-order valence-corrected chi connectivity index (χ1v) is 15.8. The van der Waals surface area contributed by atoms with Crippen molar-refractivity contribution in [3.63, 3.8) is 0 Å². The SMILES string of the molecule is S=[P@]12c3ccccc3Oc3cc(-n4c5ccccc5c5ccccc54)cc(c31)Oc1c2ccc2ccccc12. The smallest absolute Gasteiger partial charge is 0.144 e. The third kappa shape index (κ3) is 2.75. The van der Waals surface area contributed by atoms with E-state index >= 15 is 0 Å². The number of hydrogen-bond acceptors (Lipinski definition) is 3. The number of benzene rings is 6. The maximum atomic E-state index is 6.85.